The fourth-order valence-corrected chi connectivity index (χ4v) is 2.64. The Morgan fingerprint density at radius 2 is 2.12 bits per heavy atom. The van der Waals surface area contributed by atoms with Crippen molar-refractivity contribution >= 4 is 5.69 Å². The first-order chi connectivity index (χ1) is 8.13. The summed E-state index contributed by atoms with van der Waals surface area (Å²) in [4.78, 5) is 2.31. The Labute approximate surface area is 103 Å². The van der Waals surface area contributed by atoms with Crippen molar-refractivity contribution in [2.75, 3.05) is 11.4 Å². The predicted molar refractivity (Wildman–Crippen MR) is 69.5 cm³/mol. The van der Waals surface area contributed by atoms with Crippen molar-refractivity contribution < 1.29 is 4.39 Å². The van der Waals surface area contributed by atoms with Crippen LogP contribution >= 0.6 is 0 Å². The summed E-state index contributed by atoms with van der Waals surface area (Å²) >= 11 is 0. The summed E-state index contributed by atoms with van der Waals surface area (Å²) < 4.78 is 13.7. The van der Waals surface area contributed by atoms with E-state index >= 15 is 0 Å². The molecule has 0 aliphatic carbocycles. The molecule has 1 aromatic rings. The molecule has 0 aromatic heterocycles. The smallest absolute Gasteiger partial charge is 0.129 e. The lowest BCUT2D eigenvalue weighted by Gasteiger charge is -2.39. The summed E-state index contributed by atoms with van der Waals surface area (Å²) in [5.74, 6) is 0.482. The average molecular weight is 236 g/mol. The van der Waals surface area contributed by atoms with Gasteiger partial charge in [-0.05, 0) is 37.8 Å². The van der Waals surface area contributed by atoms with Gasteiger partial charge in [-0.1, -0.05) is 13.0 Å². The van der Waals surface area contributed by atoms with Gasteiger partial charge in [-0.2, -0.15) is 0 Å². The van der Waals surface area contributed by atoms with Gasteiger partial charge in [-0.15, -0.1) is 0 Å². The van der Waals surface area contributed by atoms with Gasteiger partial charge in [0.05, 0.1) is 0 Å². The molecule has 1 aliphatic rings. The van der Waals surface area contributed by atoms with Crippen molar-refractivity contribution in [1.29, 1.82) is 0 Å². The normalized spacial score (nSPS) is 25.1. The average Bonchev–Trinajstić information content (AvgIpc) is 2.32. The number of nitrogens with two attached hydrogens (primary N) is 1. The molecule has 1 saturated heterocycles. The molecular formula is C14H21FN2. The van der Waals surface area contributed by atoms with E-state index in [1.807, 2.05) is 6.07 Å². The quantitative estimate of drug-likeness (QED) is 0.855. The Morgan fingerprint density at radius 1 is 1.35 bits per heavy atom. The Bertz CT molecular complexity index is 392. The zero-order valence-electron chi connectivity index (χ0n) is 10.6. The summed E-state index contributed by atoms with van der Waals surface area (Å²) in [6.07, 6.45) is 2.42. The fourth-order valence-electron chi connectivity index (χ4n) is 2.64. The summed E-state index contributed by atoms with van der Waals surface area (Å²) in [5, 5.41) is 0. The summed E-state index contributed by atoms with van der Waals surface area (Å²) in [6.45, 7) is 5.72. The maximum atomic E-state index is 13.7. The Morgan fingerprint density at radius 3 is 2.82 bits per heavy atom. The van der Waals surface area contributed by atoms with Crippen LogP contribution in [0, 0.1) is 11.7 Å². The molecule has 0 bridgehead atoms. The zero-order chi connectivity index (χ0) is 12.4. The number of anilines is 1. The number of hydrogen-bond acceptors (Lipinski definition) is 2. The highest BCUT2D eigenvalue weighted by molar-refractivity contribution is 5.55. The largest absolute Gasteiger partial charge is 0.368 e. The van der Waals surface area contributed by atoms with E-state index in [4.69, 9.17) is 5.73 Å². The molecule has 2 atom stereocenters. The van der Waals surface area contributed by atoms with Crippen LogP contribution in [0.4, 0.5) is 10.1 Å². The van der Waals surface area contributed by atoms with Gasteiger partial charge in [0.15, 0.2) is 0 Å². The Hall–Kier alpha value is -1.09. The van der Waals surface area contributed by atoms with E-state index in [1.54, 1.807) is 6.07 Å². The van der Waals surface area contributed by atoms with Gasteiger partial charge < -0.3 is 10.6 Å². The molecular weight excluding hydrogens is 215 g/mol. The molecule has 1 fully saturated rings. The van der Waals surface area contributed by atoms with E-state index in [9.17, 15) is 4.39 Å². The molecule has 2 unspecified atom stereocenters. The van der Waals surface area contributed by atoms with E-state index in [2.05, 4.69) is 18.7 Å². The van der Waals surface area contributed by atoms with Crippen LogP contribution in [0.15, 0.2) is 18.2 Å². The van der Waals surface area contributed by atoms with Crippen LogP contribution in [-0.4, -0.2) is 12.6 Å². The monoisotopic (exact) mass is 236 g/mol. The van der Waals surface area contributed by atoms with E-state index in [-0.39, 0.29) is 12.4 Å². The molecule has 17 heavy (non-hydrogen) atoms. The molecule has 1 aromatic carbocycles. The lowest BCUT2D eigenvalue weighted by atomic mass is 9.93. The number of halogens is 1. The lowest BCUT2D eigenvalue weighted by Crippen LogP contribution is -2.41. The molecule has 2 N–H and O–H groups in total. The maximum Gasteiger partial charge on any atom is 0.129 e. The van der Waals surface area contributed by atoms with Crippen molar-refractivity contribution in [3.63, 3.8) is 0 Å². The van der Waals surface area contributed by atoms with Crippen molar-refractivity contribution in [3.8, 4) is 0 Å². The van der Waals surface area contributed by atoms with Crippen LogP contribution in [0.25, 0.3) is 0 Å². The minimum absolute atomic E-state index is 0.185. The number of nitrogens with zero attached hydrogens (tertiary/aromatic N) is 1. The van der Waals surface area contributed by atoms with Crippen LogP contribution in [0.5, 0.6) is 0 Å². The van der Waals surface area contributed by atoms with Gasteiger partial charge in [0.25, 0.3) is 0 Å². The first-order valence-electron chi connectivity index (χ1n) is 6.37. The van der Waals surface area contributed by atoms with Crippen LogP contribution < -0.4 is 10.6 Å². The Balaban J connectivity index is 2.35. The minimum atomic E-state index is -0.185. The minimum Gasteiger partial charge on any atom is -0.368 e. The third-order valence-electron chi connectivity index (χ3n) is 3.73. The summed E-state index contributed by atoms with van der Waals surface area (Å²) in [7, 11) is 0. The maximum absolute atomic E-state index is 13.7. The van der Waals surface area contributed by atoms with Crippen LogP contribution in [0.1, 0.15) is 32.3 Å². The van der Waals surface area contributed by atoms with E-state index < -0.39 is 0 Å². The van der Waals surface area contributed by atoms with Gasteiger partial charge in [0, 0.05) is 30.4 Å². The predicted octanol–water partition coefficient (Wildman–Crippen LogP) is 2.91. The van der Waals surface area contributed by atoms with Gasteiger partial charge in [-0.3, -0.25) is 0 Å². The van der Waals surface area contributed by atoms with E-state index in [1.165, 1.54) is 18.9 Å². The van der Waals surface area contributed by atoms with Crippen molar-refractivity contribution in [1.82, 2.24) is 0 Å². The van der Waals surface area contributed by atoms with Crippen molar-refractivity contribution in [2.45, 2.75) is 39.3 Å². The first-order valence-corrected chi connectivity index (χ1v) is 6.37. The second kappa shape index (κ2) is 5.05. The molecule has 0 amide bonds. The summed E-state index contributed by atoms with van der Waals surface area (Å²) in [6, 6.07) is 5.72. The molecule has 0 radical (unpaired) electrons. The molecule has 94 valence electrons. The van der Waals surface area contributed by atoms with Crippen molar-refractivity contribution in [2.24, 2.45) is 11.7 Å². The number of piperidine rings is 1. The lowest BCUT2D eigenvalue weighted by molar-refractivity contribution is 0.389. The molecule has 1 heterocycles. The number of hydrogen-bond donors (Lipinski definition) is 1. The highest BCUT2D eigenvalue weighted by Crippen LogP contribution is 2.30. The first kappa shape index (κ1) is 12.4. The number of benzene rings is 1. The van der Waals surface area contributed by atoms with Crippen LogP contribution in [0.2, 0.25) is 0 Å². The van der Waals surface area contributed by atoms with Gasteiger partial charge in [-0.25, -0.2) is 4.39 Å². The third kappa shape index (κ3) is 2.44. The highest BCUT2D eigenvalue weighted by Gasteiger charge is 2.25. The van der Waals surface area contributed by atoms with Crippen LogP contribution in [-0.2, 0) is 6.54 Å². The molecule has 0 saturated carbocycles. The molecule has 3 heteroatoms. The van der Waals surface area contributed by atoms with E-state index in [0.717, 1.165) is 12.2 Å². The SMILES string of the molecule is CC1CCC(C)N(c2cccc(F)c2CN)C1. The fraction of sp³-hybridized carbons (Fsp3) is 0.571. The topological polar surface area (TPSA) is 29.3 Å². The van der Waals surface area contributed by atoms with Crippen molar-refractivity contribution in [3.05, 3.63) is 29.6 Å². The Kier molecular flexibility index (Phi) is 3.67. The summed E-state index contributed by atoms with van der Waals surface area (Å²) in [5.41, 5.74) is 7.30. The zero-order valence-corrected chi connectivity index (χ0v) is 10.6. The molecule has 2 nitrogen and oxygen atoms in total. The molecule has 0 spiro atoms. The standard InChI is InChI=1S/C14H21FN2/c1-10-6-7-11(2)17(9-10)14-5-3-4-13(15)12(14)8-16/h3-5,10-11H,6-9,16H2,1-2H3. The van der Waals surface area contributed by atoms with Gasteiger partial charge in [0.1, 0.15) is 5.82 Å². The van der Waals surface area contributed by atoms with Crippen LogP contribution in [0.3, 0.4) is 0 Å². The molecule has 1 aliphatic heterocycles. The second-order valence-electron chi connectivity index (χ2n) is 5.13. The second-order valence-corrected chi connectivity index (χ2v) is 5.13. The van der Waals surface area contributed by atoms with Gasteiger partial charge in [0.2, 0.25) is 0 Å². The number of rotatable bonds is 2. The third-order valence-corrected chi connectivity index (χ3v) is 3.73. The highest BCUT2D eigenvalue weighted by atomic mass is 19.1. The van der Waals surface area contributed by atoms with E-state index in [0.29, 0.717) is 17.5 Å². The van der Waals surface area contributed by atoms with Gasteiger partial charge >= 0.3 is 0 Å². The molecule has 2 rings (SSSR count).